The van der Waals surface area contributed by atoms with Crippen LogP contribution in [0.3, 0.4) is 0 Å². The maximum atomic E-state index is 4.81. The highest BCUT2D eigenvalue weighted by atomic mass is 15.2. The topological polar surface area (TPSA) is 31.9 Å². The number of aryl methyl sites for hydroxylation is 2. The van der Waals surface area contributed by atoms with Crippen LogP contribution in [0, 0.1) is 13.8 Å². The molecule has 0 bridgehead atoms. The molecular weight excluding hydrogens is 294 g/mol. The maximum Gasteiger partial charge on any atom is 0.137 e. The zero-order valence-corrected chi connectivity index (χ0v) is 14.3. The van der Waals surface area contributed by atoms with Gasteiger partial charge in [0.05, 0.1) is 11.4 Å². The van der Waals surface area contributed by atoms with Gasteiger partial charge in [-0.1, -0.05) is 54.1 Å². The Morgan fingerprint density at radius 2 is 1.92 bits per heavy atom. The molecule has 0 unspecified atom stereocenters. The number of aromatic nitrogens is 2. The van der Waals surface area contributed by atoms with Gasteiger partial charge >= 0.3 is 0 Å². The number of hydrogen-bond acceptors (Lipinski definition) is 2. The molecule has 0 atom stereocenters. The Balaban J connectivity index is 1.54. The number of imidazole rings is 1. The first-order valence-electron chi connectivity index (χ1n) is 8.61. The molecule has 0 saturated carbocycles. The average molecular weight is 317 g/mol. The standard InChI is InChI=1S/C21H23N3/c1-15-8-9-16(2)18(12-15)13-24-11-10-19-20(14-24)23-21(22-19)17-6-4-3-5-7-17/h3-9,12H,10-11,13-14H2,1-2H3,(H,22,23). The molecule has 3 aromatic rings. The lowest BCUT2D eigenvalue weighted by Gasteiger charge is -2.26. The Kier molecular flexibility index (Phi) is 3.95. The van der Waals surface area contributed by atoms with Crippen LogP contribution in [0.15, 0.2) is 48.5 Å². The van der Waals surface area contributed by atoms with Crippen molar-refractivity contribution in [2.24, 2.45) is 0 Å². The van der Waals surface area contributed by atoms with Crippen molar-refractivity contribution in [2.75, 3.05) is 6.54 Å². The van der Waals surface area contributed by atoms with E-state index in [0.29, 0.717) is 0 Å². The van der Waals surface area contributed by atoms with E-state index in [4.69, 9.17) is 4.98 Å². The average Bonchev–Trinajstić information content (AvgIpc) is 3.02. The van der Waals surface area contributed by atoms with Crippen LogP contribution in [0.4, 0.5) is 0 Å². The van der Waals surface area contributed by atoms with E-state index < -0.39 is 0 Å². The molecule has 122 valence electrons. The molecule has 0 spiro atoms. The van der Waals surface area contributed by atoms with Gasteiger partial charge in [0, 0.05) is 31.6 Å². The first-order chi connectivity index (χ1) is 11.7. The number of aromatic amines is 1. The monoisotopic (exact) mass is 317 g/mol. The smallest absolute Gasteiger partial charge is 0.137 e. The molecule has 2 aromatic carbocycles. The predicted octanol–water partition coefficient (Wildman–Crippen LogP) is 4.25. The van der Waals surface area contributed by atoms with Crippen molar-refractivity contribution >= 4 is 0 Å². The highest BCUT2D eigenvalue weighted by molar-refractivity contribution is 5.55. The van der Waals surface area contributed by atoms with Crippen molar-refractivity contribution in [3.63, 3.8) is 0 Å². The largest absolute Gasteiger partial charge is 0.341 e. The van der Waals surface area contributed by atoms with Gasteiger partial charge < -0.3 is 4.98 Å². The highest BCUT2D eigenvalue weighted by Crippen LogP contribution is 2.24. The van der Waals surface area contributed by atoms with Crippen LogP contribution in [0.25, 0.3) is 11.4 Å². The minimum atomic E-state index is 0.947. The van der Waals surface area contributed by atoms with Crippen LogP contribution in [-0.2, 0) is 19.5 Å². The van der Waals surface area contributed by atoms with E-state index >= 15 is 0 Å². The summed E-state index contributed by atoms with van der Waals surface area (Å²) in [6.07, 6.45) is 1.02. The first kappa shape index (κ1) is 15.2. The van der Waals surface area contributed by atoms with Crippen molar-refractivity contribution in [2.45, 2.75) is 33.4 Å². The van der Waals surface area contributed by atoms with E-state index in [1.807, 2.05) is 6.07 Å². The lowest BCUT2D eigenvalue weighted by atomic mass is 10.0. The highest BCUT2D eigenvalue weighted by Gasteiger charge is 2.21. The van der Waals surface area contributed by atoms with Gasteiger partial charge in [0.25, 0.3) is 0 Å². The van der Waals surface area contributed by atoms with Crippen LogP contribution in [0.1, 0.15) is 28.1 Å². The third-order valence-electron chi connectivity index (χ3n) is 4.86. The van der Waals surface area contributed by atoms with Crippen molar-refractivity contribution in [1.82, 2.24) is 14.9 Å². The molecule has 1 N–H and O–H groups in total. The summed E-state index contributed by atoms with van der Waals surface area (Å²) in [6, 6.07) is 17.1. The van der Waals surface area contributed by atoms with Gasteiger partial charge in [0.2, 0.25) is 0 Å². The van der Waals surface area contributed by atoms with Gasteiger partial charge in [0.15, 0.2) is 0 Å². The third-order valence-corrected chi connectivity index (χ3v) is 4.86. The summed E-state index contributed by atoms with van der Waals surface area (Å²) < 4.78 is 0. The number of fused-ring (bicyclic) bond motifs is 1. The molecule has 3 heteroatoms. The van der Waals surface area contributed by atoms with Crippen molar-refractivity contribution < 1.29 is 0 Å². The Morgan fingerprint density at radius 1 is 1.08 bits per heavy atom. The number of benzene rings is 2. The van der Waals surface area contributed by atoms with Gasteiger partial charge in [-0.3, -0.25) is 4.90 Å². The molecule has 24 heavy (non-hydrogen) atoms. The molecule has 2 heterocycles. The van der Waals surface area contributed by atoms with Crippen LogP contribution in [0.5, 0.6) is 0 Å². The molecule has 0 fully saturated rings. The fourth-order valence-electron chi connectivity index (χ4n) is 3.43. The van der Waals surface area contributed by atoms with E-state index in [1.54, 1.807) is 0 Å². The molecule has 4 rings (SSSR count). The van der Waals surface area contributed by atoms with Crippen molar-refractivity contribution in [3.05, 3.63) is 76.6 Å². The number of rotatable bonds is 3. The summed E-state index contributed by atoms with van der Waals surface area (Å²) >= 11 is 0. The number of nitrogens with one attached hydrogen (secondary N) is 1. The quantitative estimate of drug-likeness (QED) is 0.783. The second-order valence-corrected chi connectivity index (χ2v) is 6.77. The molecular formula is C21H23N3. The minimum Gasteiger partial charge on any atom is -0.341 e. The number of nitrogens with zero attached hydrogens (tertiary/aromatic N) is 2. The van der Waals surface area contributed by atoms with Crippen LogP contribution >= 0.6 is 0 Å². The Labute approximate surface area is 143 Å². The molecule has 0 radical (unpaired) electrons. The first-order valence-corrected chi connectivity index (χ1v) is 8.61. The van der Waals surface area contributed by atoms with Crippen LogP contribution < -0.4 is 0 Å². The van der Waals surface area contributed by atoms with Crippen molar-refractivity contribution in [1.29, 1.82) is 0 Å². The zero-order valence-electron chi connectivity index (χ0n) is 14.3. The molecule has 1 aromatic heterocycles. The SMILES string of the molecule is Cc1ccc(C)c(CN2CCc3nc(-c4ccccc4)[nH]c3C2)c1. The lowest BCUT2D eigenvalue weighted by molar-refractivity contribution is 0.241. The second kappa shape index (κ2) is 6.25. The number of hydrogen-bond donors (Lipinski definition) is 1. The molecule has 0 aliphatic carbocycles. The van der Waals surface area contributed by atoms with E-state index in [9.17, 15) is 0 Å². The van der Waals surface area contributed by atoms with Gasteiger partial charge in [-0.2, -0.15) is 0 Å². The predicted molar refractivity (Wildman–Crippen MR) is 97.8 cm³/mol. The molecule has 0 saturated heterocycles. The summed E-state index contributed by atoms with van der Waals surface area (Å²) in [5, 5.41) is 0. The van der Waals surface area contributed by atoms with Crippen LogP contribution in [-0.4, -0.2) is 21.4 Å². The van der Waals surface area contributed by atoms with Gasteiger partial charge in [0.1, 0.15) is 5.82 Å². The summed E-state index contributed by atoms with van der Waals surface area (Å²) in [7, 11) is 0. The molecule has 1 aliphatic heterocycles. The fourth-order valence-corrected chi connectivity index (χ4v) is 3.43. The Morgan fingerprint density at radius 3 is 2.75 bits per heavy atom. The maximum absolute atomic E-state index is 4.81. The summed E-state index contributed by atoms with van der Waals surface area (Å²) in [6.45, 7) is 7.39. The summed E-state index contributed by atoms with van der Waals surface area (Å²) in [5.41, 5.74) is 7.80. The third kappa shape index (κ3) is 3.00. The van der Waals surface area contributed by atoms with Gasteiger partial charge in [-0.15, -0.1) is 0 Å². The Hall–Kier alpha value is -2.39. The molecule has 1 aliphatic rings. The summed E-state index contributed by atoms with van der Waals surface area (Å²) in [4.78, 5) is 10.9. The van der Waals surface area contributed by atoms with E-state index in [0.717, 1.165) is 37.4 Å². The summed E-state index contributed by atoms with van der Waals surface area (Å²) in [5.74, 6) is 0.995. The van der Waals surface area contributed by atoms with Gasteiger partial charge in [-0.05, 0) is 25.0 Å². The van der Waals surface area contributed by atoms with E-state index in [-0.39, 0.29) is 0 Å². The lowest BCUT2D eigenvalue weighted by Crippen LogP contribution is -2.30. The normalized spacial score (nSPS) is 14.6. The van der Waals surface area contributed by atoms with E-state index in [2.05, 4.69) is 66.2 Å². The van der Waals surface area contributed by atoms with Crippen molar-refractivity contribution in [3.8, 4) is 11.4 Å². The molecule has 3 nitrogen and oxygen atoms in total. The van der Waals surface area contributed by atoms with Crippen LogP contribution in [0.2, 0.25) is 0 Å². The van der Waals surface area contributed by atoms with E-state index in [1.165, 1.54) is 28.1 Å². The fraction of sp³-hybridized carbons (Fsp3) is 0.286. The number of H-pyrrole nitrogens is 1. The Bertz CT molecular complexity index is 849. The minimum absolute atomic E-state index is 0.947. The second-order valence-electron chi connectivity index (χ2n) is 6.77. The zero-order chi connectivity index (χ0) is 16.5. The molecule has 0 amide bonds. The van der Waals surface area contributed by atoms with Gasteiger partial charge in [-0.25, -0.2) is 4.98 Å².